The maximum atomic E-state index is 9.20. The number of aliphatic hydroxyl groups is 1. The summed E-state index contributed by atoms with van der Waals surface area (Å²) in [6.07, 6.45) is 5.43. The molecule has 0 atom stereocenters. The van der Waals surface area contributed by atoms with Gasteiger partial charge in [-0.05, 0) is 43.5 Å². The zero-order chi connectivity index (χ0) is 20.1. The summed E-state index contributed by atoms with van der Waals surface area (Å²) in [4.78, 5) is 16.3. The van der Waals surface area contributed by atoms with Gasteiger partial charge < -0.3 is 19.6 Å². The van der Waals surface area contributed by atoms with Gasteiger partial charge in [-0.15, -0.1) is 0 Å². The van der Waals surface area contributed by atoms with E-state index in [2.05, 4.69) is 19.7 Å². The normalized spacial score (nSPS) is 18.1. The lowest BCUT2D eigenvalue weighted by Crippen LogP contribution is -2.47. The van der Waals surface area contributed by atoms with E-state index in [1.165, 1.54) is 19.3 Å². The second kappa shape index (κ2) is 9.61. The van der Waals surface area contributed by atoms with Gasteiger partial charge in [0, 0.05) is 50.8 Å². The van der Waals surface area contributed by atoms with Crippen molar-refractivity contribution in [2.75, 3.05) is 62.2 Å². The van der Waals surface area contributed by atoms with Crippen LogP contribution in [-0.4, -0.2) is 72.4 Å². The molecule has 0 unspecified atom stereocenters. The third kappa shape index (κ3) is 5.10. The average Bonchev–Trinajstić information content (AvgIpc) is 2.77. The summed E-state index contributed by atoms with van der Waals surface area (Å²) in [6, 6.07) is 7.33. The van der Waals surface area contributed by atoms with Gasteiger partial charge in [0.2, 0.25) is 5.95 Å². The highest BCUT2D eigenvalue weighted by Gasteiger charge is 2.24. The molecule has 2 fully saturated rings. The minimum absolute atomic E-state index is 0.192. The van der Waals surface area contributed by atoms with Gasteiger partial charge in [0.25, 0.3) is 0 Å². The van der Waals surface area contributed by atoms with E-state index in [9.17, 15) is 5.11 Å². The van der Waals surface area contributed by atoms with Crippen molar-refractivity contribution in [2.45, 2.75) is 19.3 Å². The van der Waals surface area contributed by atoms with Crippen molar-refractivity contribution >= 4 is 23.4 Å². The minimum Gasteiger partial charge on any atom is -0.452 e. The van der Waals surface area contributed by atoms with E-state index in [4.69, 9.17) is 21.3 Å². The number of hydrogen-bond donors (Lipinski definition) is 1. The second-order valence-electron chi connectivity index (χ2n) is 7.51. The molecular formula is C21H28ClN5O2. The highest BCUT2D eigenvalue weighted by molar-refractivity contribution is 6.30. The first-order valence-electron chi connectivity index (χ1n) is 10.4. The number of β-amino-alcohol motifs (C(OH)–C–C–N with tert-alkyl or cyclic N) is 1. The number of ether oxygens (including phenoxy) is 1. The maximum absolute atomic E-state index is 9.20. The molecule has 0 aliphatic carbocycles. The molecule has 0 radical (unpaired) electrons. The number of benzene rings is 1. The zero-order valence-corrected chi connectivity index (χ0v) is 17.4. The molecule has 0 saturated carbocycles. The first kappa shape index (κ1) is 20.2. The van der Waals surface area contributed by atoms with Gasteiger partial charge >= 0.3 is 0 Å². The first-order valence-corrected chi connectivity index (χ1v) is 10.7. The maximum Gasteiger partial charge on any atom is 0.227 e. The fraction of sp³-hybridized carbons (Fsp3) is 0.524. The number of piperazine rings is 1. The highest BCUT2D eigenvalue weighted by atomic mass is 35.5. The quantitative estimate of drug-likeness (QED) is 0.774. The Balaban J connectivity index is 1.58. The molecule has 0 amide bonds. The Hall–Kier alpha value is -2.09. The lowest BCUT2D eigenvalue weighted by Gasteiger charge is -2.36. The van der Waals surface area contributed by atoms with Gasteiger partial charge in [-0.2, -0.15) is 4.98 Å². The molecule has 1 aromatic heterocycles. The lowest BCUT2D eigenvalue weighted by molar-refractivity contribution is 0.188. The van der Waals surface area contributed by atoms with Crippen molar-refractivity contribution in [2.24, 2.45) is 0 Å². The standard InChI is InChI=1S/C21H28ClN5O2/c22-17-4-6-18(7-5-17)29-19-16-23-21(27-8-2-1-3-9-27)24-20(19)26-12-10-25(11-13-26)14-15-28/h4-7,16,28H,1-3,8-15H2. The van der Waals surface area contributed by atoms with Crippen molar-refractivity contribution in [1.82, 2.24) is 14.9 Å². The van der Waals surface area contributed by atoms with Crippen LogP contribution >= 0.6 is 11.6 Å². The van der Waals surface area contributed by atoms with Crippen LogP contribution in [0.1, 0.15) is 19.3 Å². The molecule has 1 N–H and O–H groups in total. The number of piperidine rings is 1. The third-order valence-corrected chi connectivity index (χ3v) is 5.74. The SMILES string of the molecule is OCCN1CCN(c2nc(N3CCCCC3)ncc2Oc2ccc(Cl)cc2)CC1. The number of nitrogens with zero attached hydrogens (tertiary/aromatic N) is 5. The molecule has 156 valence electrons. The van der Waals surface area contributed by atoms with Crippen LogP contribution in [0.2, 0.25) is 5.02 Å². The van der Waals surface area contributed by atoms with Crippen LogP contribution in [0.15, 0.2) is 30.5 Å². The van der Waals surface area contributed by atoms with Gasteiger partial charge in [0.1, 0.15) is 5.75 Å². The van der Waals surface area contributed by atoms with E-state index in [0.29, 0.717) is 23.1 Å². The molecule has 2 aliphatic heterocycles. The van der Waals surface area contributed by atoms with Crippen LogP contribution in [0.3, 0.4) is 0 Å². The molecule has 1 aromatic carbocycles. The Bertz CT molecular complexity index is 790. The largest absolute Gasteiger partial charge is 0.452 e. The summed E-state index contributed by atoms with van der Waals surface area (Å²) >= 11 is 6.00. The summed E-state index contributed by atoms with van der Waals surface area (Å²) in [5.74, 6) is 2.98. The summed E-state index contributed by atoms with van der Waals surface area (Å²) in [5.41, 5.74) is 0. The summed E-state index contributed by atoms with van der Waals surface area (Å²) in [6.45, 7) is 6.37. The minimum atomic E-state index is 0.192. The van der Waals surface area contributed by atoms with Crippen molar-refractivity contribution in [3.8, 4) is 11.5 Å². The monoisotopic (exact) mass is 417 g/mol. The zero-order valence-electron chi connectivity index (χ0n) is 16.6. The summed E-state index contributed by atoms with van der Waals surface area (Å²) in [5, 5.41) is 9.87. The van der Waals surface area contributed by atoms with E-state index in [1.807, 2.05) is 24.3 Å². The molecule has 8 heteroatoms. The summed E-state index contributed by atoms with van der Waals surface area (Å²) in [7, 11) is 0. The van der Waals surface area contributed by atoms with Crippen LogP contribution in [0.4, 0.5) is 11.8 Å². The number of anilines is 2. The molecule has 2 aliphatic rings. The van der Waals surface area contributed by atoms with Crippen LogP contribution in [0, 0.1) is 0 Å². The number of aliphatic hydroxyl groups excluding tert-OH is 1. The third-order valence-electron chi connectivity index (χ3n) is 5.49. The molecule has 0 bridgehead atoms. The number of rotatable bonds is 6. The Morgan fingerprint density at radius 3 is 2.34 bits per heavy atom. The van der Waals surface area contributed by atoms with E-state index < -0.39 is 0 Å². The Morgan fingerprint density at radius 2 is 1.66 bits per heavy atom. The van der Waals surface area contributed by atoms with Gasteiger partial charge in [-0.3, -0.25) is 4.90 Å². The Labute approximate surface area is 176 Å². The second-order valence-corrected chi connectivity index (χ2v) is 7.95. The molecule has 2 aromatic rings. The predicted molar refractivity (Wildman–Crippen MR) is 115 cm³/mol. The Morgan fingerprint density at radius 1 is 0.931 bits per heavy atom. The molecule has 29 heavy (non-hydrogen) atoms. The molecule has 3 heterocycles. The van der Waals surface area contributed by atoms with Gasteiger partial charge in [-0.1, -0.05) is 11.6 Å². The molecular weight excluding hydrogens is 390 g/mol. The van der Waals surface area contributed by atoms with E-state index >= 15 is 0 Å². The van der Waals surface area contributed by atoms with E-state index in [1.54, 1.807) is 6.20 Å². The number of hydrogen-bond acceptors (Lipinski definition) is 7. The topological polar surface area (TPSA) is 65.0 Å². The van der Waals surface area contributed by atoms with Crippen LogP contribution < -0.4 is 14.5 Å². The van der Waals surface area contributed by atoms with Gasteiger partial charge in [-0.25, -0.2) is 4.98 Å². The smallest absolute Gasteiger partial charge is 0.227 e. The summed E-state index contributed by atoms with van der Waals surface area (Å²) < 4.78 is 6.14. The highest BCUT2D eigenvalue weighted by Crippen LogP contribution is 2.33. The lowest BCUT2D eigenvalue weighted by atomic mass is 10.1. The number of halogens is 1. The van der Waals surface area contributed by atoms with E-state index in [0.717, 1.165) is 51.0 Å². The van der Waals surface area contributed by atoms with Gasteiger partial charge in [0.15, 0.2) is 11.6 Å². The fourth-order valence-electron chi connectivity index (χ4n) is 3.85. The molecule has 0 spiro atoms. The van der Waals surface area contributed by atoms with Crippen molar-refractivity contribution < 1.29 is 9.84 Å². The first-order chi connectivity index (χ1) is 14.2. The van der Waals surface area contributed by atoms with Crippen LogP contribution in [-0.2, 0) is 0 Å². The molecule has 4 rings (SSSR count). The molecule has 7 nitrogen and oxygen atoms in total. The van der Waals surface area contributed by atoms with Crippen LogP contribution in [0.5, 0.6) is 11.5 Å². The van der Waals surface area contributed by atoms with Crippen molar-refractivity contribution in [3.05, 3.63) is 35.5 Å². The van der Waals surface area contributed by atoms with Gasteiger partial charge in [0.05, 0.1) is 12.8 Å². The van der Waals surface area contributed by atoms with E-state index in [-0.39, 0.29) is 6.61 Å². The predicted octanol–water partition coefficient (Wildman–Crippen LogP) is 3.03. The Kier molecular flexibility index (Phi) is 6.69. The fourth-order valence-corrected chi connectivity index (χ4v) is 3.98. The average molecular weight is 418 g/mol. The molecule has 2 saturated heterocycles. The van der Waals surface area contributed by atoms with Crippen molar-refractivity contribution in [3.63, 3.8) is 0 Å². The van der Waals surface area contributed by atoms with Crippen molar-refractivity contribution in [1.29, 1.82) is 0 Å². The number of aromatic nitrogens is 2. The van der Waals surface area contributed by atoms with Crippen LogP contribution in [0.25, 0.3) is 0 Å².